The highest BCUT2D eigenvalue weighted by Gasteiger charge is 2.23. The molecule has 18 heavy (non-hydrogen) atoms. The van der Waals surface area contributed by atoms with Gasteiger partial charge >= 0.3 is 0 Å². The van der Waals surface area contributed by atoms with E-state index in [0.29, 0.717) is 5.84 Å². The molecule has 3 rings (SSSR count). The molecule has 1 aromatic carbocycles. The van der Waals surface area contributed by atoms with Crippen molar-refractivity contribution in [3.05, 3.63) is 57.3 Å². The molecule has 2 heterocycles. The minimum Gasteiger partial charge on any atom is -0.347 e. The number of amidine groups is 1. The van der Waals surface area contributed by atoms with Gasteiger partial charge < -0.3 is 4.90 Å². The van der Waals surface area contributed by atoms with Crippen LogP contribution in [0.15, 0.2) is 36.4 Å². The lowest BCUT2D eigenvalue weighted by Gasteiger charge is -2.16. The molecule has 0 fully saturated rings. The second-order valence-corrected chi connectivity index (χ2v) is 5.84. The standard InChI is InChI=1S/C15H16N2S/c1-2-12-7-8-13(18-12)10-17-9-11-5-3-4-6-14(11)15(17)16/h3-8,16H,2,9-10H2,1H3. The first-order valence-corrected chi connectivity index (χ1v) is 7.09. The highest BCUT2D eigenvalue weighted by Crippen LogP contribution is 2.26. The van der Waals surface area contributed by atoms with Crippen LogP contribution in [0.5, 0.6) is 0 Å². The summed E-state index contributed by atoms with van der Waals surface area (Å²) >= 11 is 1.86. The van der Waals surface area contributed by atoms with Crippen molar-refractivity contribution in [2.75, 3.05) is 0 Å². The molecule has 1 aliphatic heterocycles. The monoisotopic (exact) mass is 256 g/mol. The van der Waals surface area contributed by atoms with Crippen molar-refractivity contribution in [2.45, 2.75) is 26.4 Å². The number of hydrogen-bond acceptors (Lipinski definition) is 2. The summed E-state index contributed by atoms with van der Waals surface area (Å²) in [4.78, 5) is 4.92. The van der Waals surface area contributed by atoms with Crippen molar-refractivity contribution >= 4 is 17.2 Å². The number of hydrogen-bond donors (Lipinski definition) is 1. The summed E-state index contributed by atoms with van der Waals surface area (Å²) in [6.45, 7) is 3.91. The quantitative estimate of drug-likeness (QED) is 0.891. The topological polar surface area (TPSA) is 27.1 Å². The lowest BCUT2D eigenvalue weighted by Crippen LogP contribution is -2.22. The summed E-state index contributed by atoms with van der Waals surface area (Å²) in [5, 5.41) is 8.22. The molecule has 2 nitrogen and oxygen atoms in total. The Balaban J connectivity index is 1.78. The van der Waals surface area contributed by atoms with Gasteiger partial charge in [0.05, 0.1) is 6.54 Å². The van der Waals surface area contributed by atoms with Crippen LogP contribution in [0, 0.1) is 5.41 Å². The zero-order valence-electron chi connectivity index (χ0n) is 10.4. The Bertz CT molecular complexity index is 586. The molecule has 0 spiro atoms. The number of rotatable bonds is 3. The highest BCUT2D eigenvalue weighted by molar-refractivity contribution is 7.11. The summed E-state index contributed by atoms with van der Waals surface area (Å²) in [6, 6.07) is 12.6. The van der Waals surface area contributed by atoms with Gasteiger partial charge in [-0.3, -0.25) is 5.41 Å². The molecular formula is C15H16N2S. The van der Waals surface area contributed by atoms with E-state index in [1.165, 1.54) is 15.3 Å². The molecule has 1 N–H and O–H groups in total. The lowest BCUT2D eigenvalue weighted by atomic mass is 10.1. The van der Waals surface area contributed by atoms with E-state index in [-0.39, 0.29) is 0 Å². The molecule has 0 aliphatic carbocycles. The number of fused-ring (bicyclic) bond motifs is 1. The minimum atomic E-state index is 0.664. The van der Waals surface area contributed by atoms with E-state index in [1.54, 1.807) is 0 Å². The number of benzene rings is 1. The van der Waals surface area contributed by atoms with E-state index < -0.39 is 0 Å². The van der Waals surface area contributed by atoms with Crippen LogP contribution in [0.3, 0.4) is 0 Å². The maximum absolute atomic E-state index is 8.22. The van der Waals surface area contributed by atoms with Crippen LogP contribution in [0.1, 0.15) is 27.8 Å². The van der Waals surface area contributed by atoms with Crippen molar-refractivity contribution in [1.82, 2.24) is 4.90 Å². The smallest absolute Gasteiger partial charge is 0.129 e. The number of nitrogens with one attached hydrogen (secondary N) is 1. The number of aryl methyl sites for hydroxylation is 1. The Morgan fingerprint density at radius 2 is 1.94 bits per heavy atom. The first-order valence-electron chi connectivity index (χ1n) is 6.27. The van der Waals surface area contributed by atoms with Crippen LogP contribution in [-0.2, 0) is 19.5 Å². The van der Waals surface area contributed by atoms with Crippen molar-refractivity contribution < 1.29 is 0 Å². The van der Waals surface area contributed by atoms with Gasteiger partial charge in [0.2, 0.25) is 0 Å². The van der Waals surface area contributed by atoms with E-state index in [9.17, 15) is 0 Å². The van der Waals surface area contributed by atoms with Crippen LogP contribution in [0.2, 0.25) is 0 Å². The van der Waals surface area contributed by atoms with Gasteiger partial charge in [0.15, 0.2) is 0 Å². The van der Waals surface area contributed by atoms with Crippen LogP contribution in [-0.4, -0.2) is 10.7 Å². The van der Waals surface area contributed by atoms with Gasteiger partial charge in [0, 0.05) is 21.9 Å². The second-order valence-electron chi connectivity index (χ2n) is 4.58. The van der Waals surface area contributed by atoms with Gasteiger partial charge in [0.1, 0.15) is 5.84 Å². The van der Waals surface area contributed by atoms with Gasteiger partial charge in [-0.05, 0) is 24.1 Å². The molecule has 0 radical (unpaired) electrons. The fourth-order valence-corrected chi connectivity index (χ4v) is 3.34. The average Bonchev–Trinajstić information content (AvgIpc) is 2.97. The average molecular weight is 256 g/mol. The fourth-order valence-electron chi connectivity index (χ4n) is 2.36. The summed E-state index contributed by atoms with van der Waals surface area (Å²) in [5.41, 5.74) is 2.36. The number of nitrogens with zero attached hydrogens (tertiary/aromatic N) is 1. The molecule has 3 heteroatoms. The third-order valence-electron chi connectivity index (χ3n) is 3.36. The summed E-state index contributed by atoms with van der Waals surface area (Å²) in [7, 11) is 0. The normalized spacial score (nSPS) is 14.1. The van der Waals surface area contributed by atoms with Gasteiger partial charge in [-0.15, -0.1) is 11.3 Å². The van der Waals surface area contributed by atoms with Gasteiger partial charge in [-0.2, -0.15) is 0 Å². The molecular weight excluding hydrogens is 240 g/mol. The Morgan fingerprint density at radius 1 is 1.17 bits per heavy atom. The highest BCUT2D eigenvalue weighted by atomic mass is 32.1. The van der Waals surface area contributed by atoms with Crippen LogP contribution >= 0.6 is 11.3 Å². The third-order valence-corrected chi connectivity index (χ3v) is 4.58. The third kappa shape index (κ3) is 1.95. The molecule has 0 unspecified atom stereocenters. The summed E-state index contributed by atoms with van der Waals surface area (Å²) in [6.07, 6.45) is 1.10. The van der Waals surface area contributed by atoms with Gasteiger partial charge in [0.25, 0.3) is 0 Å². The van der Waals surface area contributed by atoms with Crippen molar-refractivity contribution in [2.24, 2.45) is 0 Å². The molecule has 0 bridgehead atoms. The Hall–Kier alpha value is -1.61. The maximum Gasteiger partial charge on any atom is 0.129 e. The predicted molar refractivity (Wildman–Crippen MR) is 76.2 cm³/mol. The molecule has 0 atom stereocenters. The molecule has 0 saturated carbocycles. The van der Waals surface area contributed by atoms with Crippen molar-refractivity contribution in [1.29, 1.82) is 5.41 Å². The maximum atomic E-state index is 8.22. The SMILES string of the molecule is CCc1ccc(CN2Cc3ccccc3C2=N)s1. The van der Waals surface area contributed by atoms with E-state index in [2.05, 4.69) is 36.1 Å². The van der Waals surface area contributed by atoms with Crippen LogP contribution < -0.4 is 0 Å². The van der Waals surface area contributed by atoms with Gasteiger partial charge in [-0.1, -0.05) is 31.2 Å². The largest absolute Gasteiger partial charge is 0.347 e. The molecule has 2 aromatic rings. The fraction of sp³-hybridized carbons (Fsp3) is 0.267. The summed E-state index contributed by atoms with van der Waals surface area (Å²) < 4.78 is 0. The first-order chi connectivity index (χ1) is 8.78. The molecule has 1 aliphatic rings. The lowest BCUT2D eigenvalue weighted by molar-refractivity contribution is 0.426. The second kappa shape index (κ2) is 4.58. The Kier molecular flexibility index (Phi) is 2.92. The van der Waals surface area contributed by atoms with Crippen molar-refractivity contribution in [3.63, 3.8) is 0 Å². The molecule has 92 valence electrons. The van der Waals surface area contributed by atoms with Crippen LogP contribution in [0.25, 0.3) is 0 Å². The molecule has 0 amide bonds. The first kappa shape index (κ1) is 11.5. The summed E-state index contributed by atoms with van der Waals surface area (Å²) in [5.74, 6) is 0.664. The molecule has 1 aromatic heterocycles. The zero-order chi connectivity index (χ0) is 12.5. The number of thiophene rings is 1. The Morgan fingerprint density at radius 3 is 2.67 bits per heavy atom. The minimum absolute atomic E-state index is 0.664. The van der Waals surface area contributed by atoms with Crippen molar-refractivity contribution in [3.8, 4) is 0 Å². The van der Waals surface area contributed by atoms with E-state index in [1.807, 2.05) is 23.5 Å². The van der Waals surface area contributed by atoms with Crippen LogP contribution in [0.4, 0.5) is 0 Å². The predicted octanol–water partition coefficient (Wildman–Crippen LogP) is 3.65. The zero-order valence-corrected chi connectivity index (χ0v) is 11.3. The molecule has 0 saturated heterocycles. The Labute approximate surface area is 111 Å². The van der Waals surface area contributed by atoms with E-state index in [4.69, 9.17) is 5.41 Å². The van der Waals surface area contributed by atoms with E-state index >= 15 is 0 Å². The van der Waals surface area contributed by atoms with Gasteiger partial charge in [-0.25, -0.2) is 0 Å². The van der Waals surface area contributed by atoms with E-state index in [0.717, 1.165) is 25.1 Å².